The molecule has 564 valence electrons. The quantitative estimate of drug-likeness (QED) is 0.0208. The van der Waals surface area contributed by atoms with Gasteiger partial charge < -0.3 is 149 Å². The van der Waals surface area contributed by atoms with Crippen LogP contribution in [0.1, 0.15) is 109 Å². The van der Waals surface area contributed by atoms with E-state index in [-0.39, 0.29) is 49.9 Å². The summed E-state index contributed by atoms with van der Waals surface area (Å²) in [7, 11) is 0. The van der Waals surface area contributed by atoms with Crippen LogP contribution in [0.4, 0.5) is 0 Å². The summed E-state index contributed by atoms with van der Waals surface area (Å²) in [6.45, 7) is -2.80. The first-order valence-corrected chi connectivity index (χ1v) is 34.9. The van der Waals surface area contributed by atoms with Gasteiger partial charge in [0.1, 0.15) is 130 Å². The van der Waals surface area contributed by atoms with Crippen molar-refractivity contribution in [1.82, 2.24) is 0 Å². The van der Waals surface area contributed by atoms with Crippen LogP contribution in [-0.2, 0) is 66.5 Å². The highest BCUT2D eigenvalue weighted by Crippen LogP contribution is 2.46. The number of ether oxygens (including phenoxy) is 12. The number of hydrogen-bond donors (Lipinski definition) is 18. The number of aliphatic hydroxyl groups excluding tert-OH is 18. The van der Waals surface area contributed by atoms with Gasteiger partial charge in [0.2, 0.25) is 0 Å². The van der Waals surface area contributed by atoms with Gasteiger partial charge in [-0.2, -0.15) is 0 Å². The largest absolute Gasteiger partial charge is 0.460 e. The fourth-order valence-corrected chi connectivity index (χ4v) is 15.4. The molecule has 0 spiro atoms. The first-order valence-electron chi connectivity index (χ1n) is 34.9. The van der Waals surface area contributed by atoms with Crippen LogP contribution in [0.15, 0.2) is 36.5 Å². The van der Waals surface area contributed by atoms with Gasteiger partial charge >= 0.3 is 17.9 Å². The normalized spacial score (nSPS) is 47.9. The number of rotatable bonds is 22. The van der Waals surface area contributed by atoms with Crippen LogP contribution in [0.2, 0.25) is 0 Å². The molecule has 33 nitrogen and oxygen atoms in total. The van der Waals surface area contributed by atoms with E-state index in [4.69, 9.17) is 56.8 Å². The summed E-state index contributed by atoms with van der Waals surface area (Å²) in [5.74, 6) is -4.33. The third kappa shape index (κ3) is 19.7. The Labute approximate surface area is 570 Å². The molecular formula is C66H103O33+. The van der Waals surface area contributed by atoms with Gasteiger partial charge in [-0.25, -0.2) is 14.4 Å². The van der Waals surface area contributed by atoms with Crippen LogP contribution in [0.5, 0.6) is 0 Å². The smallest absolute Gasteiger partial charge is 0.330 e. The second-order valence-electron chi connectivity index (χ2n) is 28.6. The molecule has 10 fully saturated rings. The average molecular weight is 1420 g/mol. The van der Waals surface area contributed by atoms with E-state index in [1.165, 1.54) is 18.2 Å². The van der Waals surface area contributed by atoms with Crippen molar-refractivity contribution in [3.05, 3.63) is 36.5 Å². The summed E-state index contributed by atoms with van der Waals surface area (Å²) in [5, 5.41) is 199. The highest BCUT2D eigenvalue weighted by Gasteiger charge is 2.59. The molecule has 0 aromatic rings. The van der Waals surface area contributed by atoms with Crippen molar-refractivity contribution >= 4 is 17.9 Å². The molecule has 30 atom stereocenters. The number of allylic oxidation sites excluding steroid dienone is 3. The zero-order valence-electron chi connectivity index (χ0n) is 54.8. The number of carbonyl (C=O) groups excluding carboxylic acids is 3. The highest BCUT2D eigenvalue weighted by molar-refractivity contribution is 5.82. The van der Waals surface area contributed by atoms with Gasteiger partial charge in [0.05, 0.1) is 55.3 Å². The van der Waals surface area contributed by atoms with E-state index in [1.54, 1.807) is 18.2 Å². The lowest BCUT2D eigenvalue weighted by molar-refractivity contribution is -0.369. The molecule has 10 unspecified atom stereocenters. The molecule has 5 saturated heterocycles. The van der Waals surface area contributed by atoms with Crippen molar-refractivity contribution in [2.24, 2.45) is 29.6 Å². The van der Waals surface area contributed by atoms with Crippen LogP contribution in [0.3, 0.4) is 0 Å². The molecule has 33 heteroatoms. The van der Waals surface area contributed by atoms with E-state index >= 15 is 0 Å². The summed E-state index contributed by atoms with van der Waals surface area (Å²) < 4.78 is 70.7. The SMILES string of the molecule is O=C(C=CC1CCC(O)CC1)OC[C@@H]1O[C@H](OC2CC(O)C3CC(O[C@@H]4O[C@H](CO)[C@@H](O)[C@H](O)[C@@H]4O)C(C4CC(O[C@@H]5O[C@H](COC(=O)C=CC6CCC(O)CC6)[C@@H](O)[C@H](O)[C@H]5O)C(O)C(O[C@@H]5O[C@H](COC(=O)C=CC6CCC(O)CC6)[C@@H](O)[C@@H](O)[C@H]5O)C4)[OH+]C3C2)[C@@H](O)[C@H](O)[C@H]1O. The van der Waals surface area contributed by atoms with E-state index in [9.17, 15) is 106 Å². The maximum atomic E-state index is 13.0. The van der Waals surface area contributed by atoms with E-state index in [0.29, 0.717) is 77.0 Å². The van der Waals surface area contributed by atoms with Crippen molar-refractivity contribution in [3.8, 4) is 0 Å². The van der Waals surface area contributed by atoms with E-state index in [2.05, 4.69) is 0 Å². The van der Waals surface area contributed by atoms with E-state index in [0.717, 1.165) is 0 Å². The monoisotopic (exact) mass is 1420 g/mol. The first-order chi connectivity index (χ1) is 47.2. The average Bonchev–Trinajstić information content (AvgIpc) is 0.762. The summed E-state index contributed by atoms with van der Waals surface area (Å²) >= 11 is 0. The van der Waals surface area contributed by atoms with Gasteiger partial charge in [-0.1, -0.05) is 18.2 Å². The molecule has 0 aromatic heterocycles. The lowest BCUT2D eigenvalue weighted by Gasteiger charge is -2.51. The summed E-state index contributed by atoms with van der Waals surface area (Å²) in [4.78, 5) is 38.8. The summed E-state index contributed by atoms with van der Waals surface area (Å²) in [6, 6.07) is 0. The fraction of sp³-hybridized carbons (Fsp3) is 0.864. The Kier molecular flexibility index (Phi) is 28.1. The van der Waals surface area contributed by atoms with Crippen molar-refractivity contribution < 1.29 is 163 Å². The molecule has 10 aliphatic rings. The Morgan fingerprint density at radius 1 is 0.364 bits per heavy atom. The maximum Gasteiger partial charge on any atom is 0.330 e. The van der Waals surface area contributed by atoms with Crippen molar-refractivity contribution in [2.45, 2.75) is 299 Å². The van der Waals surface area contributed by atoms with Gasteiger partial charge in [-0.3, -0.25) is 0 Å². The molecule has 0 bridgehead atoms. The van der Waals surface area contributed by atoms with Crippen molar-refractivity contribution in [3.63, 3.8) is 0 Å². The van der Waals surface area contributed by atoms with Gasteiger partial charge in [-0.05, 0) is 114 Å². The minimum atomic E-state index is -2.07. The Bertz CT molecular complexity index is 2540. The molecule has 5 aliphatic heterocycles. The number of fused-ring (bicyclic) bond motifs is 1. The molecule has 19 N–H and O–H groups in total. The Morgan fingerprint density at radius 2 is 0.697 bits per heavy atom. The molecule has 0 radical (unpaired) electrons. The summed E-state index contributed by atoms with van der Waals surface area (Å²) in [5.41, 5.74) is 0. The minimum absolute atomic E-state index is 0.0159. The minimum Gasteiger partial charge on any atom is -0.460 e. The second kappa shape index (κ2) is 35.6. The lowest BCUT2D eigenvalue weighted by atomic mass is 9.72. The number of carbonyl (C=O) groups is 3. The molecule has 0 amide bonds. The van der Waals surface area contributed by atoms with Crippen molar-refractivity contribution in [1.29, 1.82) is 0 Å². The van der Waals surface area contributed by atoms with Crippen molar-refractivity contribution in [2.75, 3.05) is 26.4 Å². The molecule has 5 aliphatic carbocycles. The second-order valence-corrected chi connectivity index (χ2v) is 28.6. The van der Waals surface area contributed by atoms with Crippen LogP contribution >= 0.6 is 0 Å². The van der Waals surface area contributed by atoms with E-state index < -0.39 is 246 Å². The number of hydrogen-bond acceptors (Lipinski definition) is 32. The van der Waals surface area contributed by atoms with E-state index in [1.807, 2.05) is 0 Å². The molecular weight excluding hydrogens is 1320 g/mol. The molecule has 5 heterocycles. The number of esters is 3. The van der Waals surface area contributed by atoms with Gasteiger partial charge in [0.15, 0.2) is 37.4 Å². The van der Waals surface area contributed by atoms with Crippen LogP contribution in [0.25, 0.3) is 0 Å². The van der Waals surface area contributed by atoms with Crippen LogP contribution in [-0.4, -0.2) is 331 Å². The standard InChI is InChI=1S/C66H102O33/c67-24-42-50(76)54(80)59(85)66(96-42)95-41-23-36-37(71)21-35(91-63-58(84)55(81)51(77)43(97-63)25-88-46(72)16-7-28-1-10-32(68)11-2-28)22-38(36)92-62(41)31-19-39(93-64-60(86)56(82)52(78)44(98-64)26-89-47(73)17-8-29-3-12-33(69)13-4-29)49(75)40(20-31)94-65-61(87)57(83)53(79)45(99-65)27-90-48(74)18-9-30-5-14-34(70)15-6-30/h7-9,16-18,28-45,49-71,75-87H,1-6,10-15,19-27H2/p+1/t28?,29?,30?,31?,32?,33?,34?,35?,36?,37?,38?,39?,40?,41?,42-,43+,44-,45-,49?,50-,51+,52-,53-,54+,55-,56-,57+,58+,59+,60-,61-,62?,63+,64-,65-,66-/m1/s1. The topological polar surface area (TPSA) is 530 Å². The number of aliphatic hydroxyl groups is 20. The van der Waals surface area contributed by atoms with Crippen LogP contribution < -0.4 is 0 Å². The predicted molar refractivity (Wildman–Crippen MR) is 329 cm³/mol. The predicted octanol–water partition coefficient (Wildman–Crippen LogP) is -6.09. The van der Waals surface area contributed by atoms with Crippen LogP contribution in [0, 0.1) is 29.6 Å². The van der Waals surface area contributed by atoms with Gasteiger partial charge in [0.25, 0.3) is 0 Å². The Hall–Kier alpha value is -3.45. The third-order valence-electron chi connectivity index (χ3n) is 21.6. The molecule has 10 rings (SSSR count). The van der Waals surface area contributed by atoms with Gasteiger partial charge in [0, 0.05) is 37.0 Å². The first kappa shape index (κ1) is 78.1. The molecule has 99 heavy (non-hydrogen) atoms. The highest BCUT2D eigenvalue weighted by atomic mass is 16.7. The fourth-order valence-electron chi connectivity index (χ4n) is 15.4. The zero-order chi connectivity index (χ0) is 71.1. The summed E-state index contributed by atoms with van der Waals surface area (Å²) in [6.07, 6.45) is -34.0. The molecule has 5 saturated carbocycles. The zero-order valence-corrected chi connectivity index (χ0v) is 54.8. The Morgan fingerprint density at radius 3 is 1.06 bits per heavy atom. The Balaban J connectivity index is 0.898. The third-order valence-corrected chi connectivity index (χ3v) is 21.6. The molecule has 0 aromatic carbocycles. The van der Waals surface area contributed by atoms with Gasteiger partial charge in [-0.15, -0.1) is 0 Å². The lowest BCUT2D eigenvalue weighted by Crippen LogP contribution is -2.65. The maximum absolute atomic E-state index is 13.0.